The second-order valence-corrected chi connectivity index (χ2v) is 17.9. The quantitative estimate of drug-likeness (QED) is 0.0257. The maximum absolute atomic E-state index is 13.4. The summed E-state index contributed by atoms with van der Waals surface area (Å²) in [5, 5.41) is 139. The van der Waals surface area contributed by atoms with Gasteiger partial charge in [-0.3, -0.25) is 0 Å². The monoisotopic (exact) mass is 1100 g/mol. The summed E-state index contributed by atoms with van der Waals surface area (Å²) in [6, 6.07) is 15.3. The Hall–Kier alpha value is -7.57. The second kappa shape index (κ2) is 24.4. The predicted molar refractivity (Wildman–Crippen MR) is 262 cm³/mol. The van der Waals surface area contributed by atoms with Crippen molar-refractivity contribution in [1.29, 1.82) is 0 Å². The van der Waals surface area contributed by atoms with Gasteiger partial charge in [0.2, 0.25) is 24.1 Å². The highest BCUT2D eigenvalue weighted by Crippen LogP contribution is 2.44. The average Bonchev–Trinajstić information content (AvgIpc) is 3.45. The molecule has 14 atom stereocenters. The molecule has 4 aromatic carbocycles. The molecule has 3 aliphatic rings. The van der Waals surface area contributed by atoms with Gasteiger partial charge in [-0.1, -0.05) is 12.1 Å². The number of phenols is 5. The van der Waals surface area contributed by atoms with E-state index in [4.69, 9.17) is 51.8 Å². The van der Waals surface area contributed by atoms with Gasteiger partial charge in [0.05, 0.1) is 39.1 Å². The van der Waals surface area contributed by atoms with Crippen molar-refractivity contribution in [3.8, 4) is 63.1 Å². The Morgan fingerprint density at radius 2 is 1.27 bits per heavy atom. The van der Waals surface area contributed by atoms with Gasteiger partial charge in [0, 0.05) is 30.4 Å². The van der Waals surface area contributed by atoms with Crippen LogP contribution in [-0.4, -0.2) is 198 Å². The predicted octanol–water partition coefficient (Wildman–Crippen LogP) is 0.275. The van der Waals surface area contributed by atoms with Gasteiger partial charge < -0.3 is 114 Å². The lowest BCUT2D eigenvalue weighted by Crippen LogP contribution is -2.64. The first-order chi connectivity index (χ1) is 37.3. The molecule has 3 saturated heterocycles. The highest BCUT2D eigenvalue weighted by molar-refractivity contribution is 5.90. The zero-order valence-electron chi connectivity index (χ0n) is 41.1. The van der Waals surface area contributed by atoms with Gasteiger partial charge in [-0.05, 0) is 59.7 Å². The Morgan fingerprint density at radius 1 is 0.615 bits per heavy atom. The van der Waals surface area contributed by atoms with E-state index in [0.29, 0.717) is 5.56 Å². The molecule has 3 fully saturated rings. The topological polar surface area (TPSA) is 401 Å². The number of aromatic hydroxyl groups is 5. The summed E-state index contributed by atoms with van der Waals surface area (Å²) in [6.07, 6.45) is -21.5. The molecule has 0 bridgehead atoms. The van der Waals surface area contributed by atoms with Gasteiger partial charge in [0.1, 0.15) is 84.2 Å². The van der Waals surface area contributed by atoms with Crippen molar-refractivity contribution in [3.05, 3.63) is 96.1 Å². The van der Waals surface area contributed by atoms with E-state index in [0.717, 1.165) is 36.4 Å². The molecule has 14 unspecified atom stereocenters. The number of hydrogen-bond donors (Lipinski definition) is 13. The third-order valence-electron chi connectivity index (χ3n) is 12.6. The first kappa shape index (κ1) is 56.6. The molecule has 0 saturated carbocycles. The van der Waals surface area contributed by atoms with E-state index in [2.05, 4.69) is 0 Å². The summed E-state index contributed by atoms with van der Waals surface area (Å²) < 4.78 is 63.5. The van der Waals surface area contributed by atoms with Gasteiger partial charge in [0.25, 0.3) is 0 Å². The smallest absolute Gasteiger partial charge is 0.402 e. The number of ether oxygens (including phenoxy) is 10. The number of benzene rings is 4. The summed E-state index contributed by atoms with van der Waals surface area (Å²) in [6.45, 7) is -2.22. The molecule has 0 aliphatic carbocycles. The maximum Gasteiger partial charge on any atom is 0.402 e. The number of carbonyl (C=O) groups excluding carboxylic acids is 2. The molecule has 8 rings (SSSR count). The Morgan fingerprint density at radius 3 is 1.95 bits per heavy atom. The summed E-state index contributed by atoms with van der Waals surface area (Å²) in [7, 11) is 2.58. The van der Waals surface area contributed by atoms with Crippen LogP contribution in [0.4, 0.5) is 0 Å². The summed E-state index contributed by atoms with van der Waals surface area (Å²) in [5.74, 6) is -5.22. The lowest BCUT2D eigenvalue weighted by atomic mass is 9.98. The molecule has 1 aromatic heterocycles. The van der Waals surface area contributed by atoms with Crippen LogP contribution < -0.4 is 18.9 Å². The van der Waals surface area contributed by atoms with E-state index in [1.54, 1.807) is 0 Å². The van der Waals surface area contributed by atoms with E-state index in [1.165, 1.54) is 74.9 Å². The van der Waals surface area contributed by atoms with E-state index in [-0.39, 0.29) is 56.6 Å². The number of methoxy groups -OCH3 is 2. The average molecular weight is 1100 g/mol. The zero-order chi connectivity index (χ0) is 56.1. The van der Waals surface area contributed by atoms with Crippen molar-refractivity contribution in [2.24, 2.45) is 0 Å². The van der Waals surface area contributed by atoms with Crippen molar-refractivity contribution in [1.82, 2.24) is 0 Å². The molecule has 418 valence electrons. The van der Waals surface area contributed by atoms with Crippen LogP contribution in [0.25, 0.3) is 34.4 Å². The molecule has 0 spiro atoms. The fourth-order valence-corrected chi connectivity index (χ4v) is 8.39. The number of phenolic OH excluding ortho intramolecular Hbond substituents is 5. The van der Waals surface area contributed by atoms with E-state index < -0.39 is 141 Å². The van der Waals surface area contributed by atoms with Crippen LogP contribution in [0, 0.1) is 0 Å². The van der Waals surface area contributed by atoms with Crippen LogP contribution >= 0.6 is 0 Å². The Balaban J connectivity index is 1.16. The molecule has 4 heterocycles. The minimum Gasteiger partial charge on any atom is -0.508 e. The van der Waals surface area contributed by atoms with Gasteiger partial charge in [-0.25, -0.2) is 14.0 Å². The van der Waals surface area contributed by atoms with Crippen LogP contribution in [-0.2, 0) is 38.0 Å². The van der Waals surface area contributed by atoms with Crippen molar-refractivity contribution >= 4 is 35.1 Å². The molecule has 0 amide bonds. The first-order valence-corrected chi connectivity index (χ1v) is 23.7. The van der Waals surface area contributed by atoms with E-state index in [9.17, 15) is 76.0 Å². The lowest BCUT2D eigenvalue weighted by Gasteiger charge is -2.45. The van der Waals surface area contributed by atoms with Gasteiger partial charge in [-0.2, -0.15) is 0 Å². The molecular weight excluding hydrogens is 1040 g/mol. The largest absolute Gasteiger partial charge is 0.508 e. The first-order valence-electron chi connectivity index (χ1n) is 23.7. The molecule has 3 aliphatic heterocycles. The molecule has 26 heteroatoms. The summed E-state index contributed by atoms with van der Waals surface area (Å²) >= 11 is 0. The molecule has 78 heavy (non-hydrogen) atoms. The zero-order valence-corrected chi connectivity index (χ0v) is 41.1. The number of aliphatic hydroxyl groups excluding tert-OH is 8. The van der Waals surface area contributed by atoms with Crippen LogP contribution in [0.3, 0.4) is 0 Å². The molecule has 26 nitrogen and oxygen atoms in total. The Bertz CT molecular complexity index is 2960. The van der Waals surface area contributed by atoms with Crippen LogP contribution in [0.5, 0.6) is 51.7 Å². The number of rotatable bonds is 17. The van der Waals surface area contributed by atoms with Gasteiger partial charge in [0.15, 0.2) is 41.5 Å². The van der Waals surface area contributed by atoms with Crippen molar-refractivity contribution in [2.75, 3.05) is 34.0 Å². The SMILES string of the molecule is COc1cc(C=CC(=O)OC2C(OC3C(Oc4cc5c(OC6OC(CO)C(O)C(O)C6O)cc(O)cc5[o+]c4-c4ccc(O)c(O)c4)OC(COC(=O)C=Cc4ccc(O)cc4)C(O)C3O)OCC(O)C2O)cc(OC)c1O. The highest BCUT2D eigenvalue weighted by Gasteiger charge is 2.52. The number of esters is 2. The van der Waals surface area contributed by atoms with Crippen molar-refractivity contribution in [2.45, 2.75) is 86.0 Å². The van der Waals surface area contributed by atoms with Crippen molar-refractivity contribution < 1.29 is 128 Å². The van der Waals surface area contributed by atoms with Crippen LogP contribution in [0.1, 0.15) is 11.1 Å². The fourth-order valence-electron chi connectivity index (χ4n) is 8.39. The highest BCUT2D eigenvalue weighted by atomic mass is 16.8. The standard InChI is InChI=1S/C52H54O26/c1-68-33-13-23(14-34(69-2)41(33)62)6-12-39(60)77-48-40(61)30(58)20-71-51(48)78-49-45(66)43(64)37(21-70-38(59)11-5-22-3-8-25(54)9-4-22)76-52(49)74-35-18-27-31(72-47(35)24-7-10-28(56)29(57)15-24)16-26(55)17-32(27)73-50-46(67)44(65)42(63)36(19-53)75-50/h3-18,30,36-37,40,42-46,48-53,58,61,63-67H,19-21H2,1-2H3,(H4-,54,55,56,57,59,60,62)/p+1. The number of fused-ring (bicyclic) bond motifs is 1. The fraction of sp³-hybridized carbons (Fsp3) is 0.365. The number of hydrogen-bond acceptors (Lipinski definition) is 25. The van der Waals surface area contributed by atoms with Crippen molar-refractivity contribution in [3.63, 3.8) is 0 Å². The molecular formula is C52H55O26+. The summed E-state index contributed by atoms with van der Waals surface area (Å²) in [5.41, 5.74) is 0.550. The van der Waals surface area contributed by atoms with Crippen LogP contribution in [0.15, 0.2) is 89.4 Å². The lowest BCUT2D eigenvalue weighted by molar-refractivity contribution is -0.345. The van der Waals surface area contributed by atoms with E-state index >= 15 is 0 Å². The normalized spacial score (nSPS) is 28.3. The van der Waals surface area contributed by atoms with Gasteiger partial charge >= 0.3 is 23.3 Å². The minimum absolute atomic E-state index is 0.00280. The molecule has 5 aromatic rings. The molecule has 13 N–H and O–H groups in total. The minimum atomic E-state index is -2.12. The third kappa shape index (κ3) is 12.6. The van der Waals surface area contributed by atoms with Gasteiger partial charge in [-0.15, -0.1) is 0 Å². The molecule has 0 radical (unpaired) electrons. The van der Waals surface area contributed by atoms with E-state index in [1.807, 2.05) is 0 Å². The number of carbonyl (C=O) groups is 2. The Kier molecular flexibility index (Phi) is 17.7. The second-order valence-electron chi connectivity index (χ2n) is 17.9. The maximum atomic E-state index is 13.4. The van der Waals surface area contributed by atoms with Crippen LogP contribution in [0.2, 0.25) is 0 Å². The number of aliphatic hydroxyl groups is 8. The Labute approximate surface area is 441 Å². The third-order valence-corrected chi connectivity index (χ3v) is 12.6. The summed E-state index contributed by atoms with van der Waals surface area (Å²) in [4.78, 5) is 26.4.